The van der Waals surface area contributed by atoms with Gasteiger partial charge in [-0.05, 0) is 36.6 Å². The summed E-state index contributed by atoms with van der Waals surface area (Å²) in [5.41, 5.74) is 8.46. The van der Waals surface area contributed by atoms with Crippen molar-refractivity contribution in [2.24, 2.45) is 5.92 Å². The van der Waals surface area contributed by atoms with Crippen molar-refractivity contribution in [3.63, 3.8) is 0 Å². The molecule has 0 aromatic carbocycles. The van der Waals surface area contributed by atoms with Gasteiger partial charge in [-0.15, -0.1) is 0 Å². The van der Waals surface area contributed by atoms with Crippen molar-refractivity contribution in [3.05, 3.63) is 60.4 Å². The second-order valence-electron chi connectivity index (χ2n) is 9.18. The summed E-state index contributed by atoms with van der Waals surface area (Å²) < 4.78 is 5.63. The molecule has 10 heteroatoms. The van der Waals surface area contributed by atoms with Gasteiger partial charge in [0.2, 0.25) is 0 Å². The van der Waals surface area contributed by atoms with Crippen molar-refractivity contribution < 1.29 is 4.52 Å². The smallest absolute Gasteiger partial charge is 0.278 e. The zero-order valence-corrected chi connectivity index (χ0v) is 20.1. The third-order valence-corrected chi connectivity index (χ3v) is 6.79. The van der Waals surface area contributed by atoms with Gasteiger partial charge in [0.25, 0.3) is 5.89 Å². The molecule has 4 aromatic rings. The molecule has 0 radical (unpaired) electrons. The second-order valence-corrected chi connectivity index (χ2v) is 9.18. The fourth-order valence-electron chi connectivity index (χ4n) is 4.18. The van der Waals surface area contributed by atoms with Gasteiger partial charge in [-0.25, -0.2) is 15.0 Å². The van der Waals surface area contributed by atoms with E-state index in [1.165, 1.54) is 0 Å². The topological polar surface area (TPSA) is 132 Å². The molecule has 35 heavy (non-hydrogen) atoms. The summed E-state index contributed by atoms with van der Waals surface area (Å²) in [7, 11) is 0. The lowest BCUT2D eigenvalue weighted by molar-refractivity contribution is 0.350. The number of piperazine rings is 1. The van der Waals surface area contributed by atoms with E-state index in [4.69, 9.17) is 15.2 Å². The molecule has 3 N–H and O–H groups in total. The van der Waals surface area contributed by atoms with Gasteiger partial charge < -0.3 is 20.5 Å². The van der Waals surface area contributed by atoms with Crippen LogP contribution >= 0.6 is 0 Å². The molecular weight excluding hydrogens is 442 g/mol. The molecule has 180 valence electrons. The highest BCUT2D eigenvalue weighted by molar-refractivity contribution is 5.59. The number of hydrogen-bond donors (Lipinski definition) is 2. The summed E-state index contributed by atoms with van der Waals surface area (Å²) in [6.45, 7) is 10.1. The molecule has 0 unspecified atom stereocenters. The first-order valence-electron chi connectivity index (χ1n) is 11.8. The highest BCUT2D eigenvalue weighted by atomic mass is 16.5. The molecule has 1 fully saturated rings. The van der Waals surface area contributed by atoms with Gasteiger partial charge in [0.1, 0.15) is 17.3 Å². The predicted molar refractivity (Wildman–Crippen MR) is 134 cm³/mol. The first-order chi connectivity index (χ1) is 16.9. The molecule has 5 heterocycles. The summed E-state index contributed by atoms with van der Waals surface area (Å²) in [6.07, 6.45) is 7.04. The Kier molecular flexibility index (Phi) is 6.12. The number of rotatable bonds is 6. The van der Waals surface area contributed by atoms with Gasteiger partial charge in [0.05, 0.1) is 23.5 Å². The maximum absolute atomic E-state index is 5.70. The molecule has 0 amide bonds. The van der Waals surface area contributed by atoms with Crippen LogP contribution in [-0.4, -0.2) is 56.3 Å². The maximum atomic E-state index is 5.70. The van der Waals surface area contributed by atoms with E-state index in [-0.39, 0.29) is 5.92 Å². The lowest BCUT2D eigenvalue weighted by atomic mass is 9.73. The van der Waals surface area contributed by atoms with Gasteiger partial charge >= 0.3 is 0 Å². The van der Waals surface area contributed by atoms with Crippen LogP contribution in [0.3, 0.4) is 0 Å². The number of nitrogens with one attached hydrogen (secondary N) is 1. The second kappa shape index (κ2) is 9.38. The summed E-state index contributed by atoms with van der Waals surface area (Å²) in [4.78, 5) is 24.9. The van der Waals surface area contributed by atoms with Crippen LogP contribution in [0.25, 0.3) is 22.8 Å². The number of pyridine rings is 2. The van der Waals surface area contributed by atoms with E-state index in [1.807, 2.05) is 18.3 Å². The number of aromatic nitrogens is 6. The molecule has 4 aromatic heterocycles. The lowest BCUT2D eigenvalue weighted by Gasteiger charge is -2.30. The molecule has 1 atom stereocenters. The van der Waals surface area contributed by atoms with E-state index >= 15 is 0 Å². The summed E-state index contributed by atoms with van der Waals surface area (Å²) >= 11 is 0. The van der Waals surface area contributed by atoms with Crippen molar-refractivity contribution in [1.82, 2.24) is 35.4 Å². The average Bonchev–Trinajstić information content (AvgIpc) is 3.40. The van der Waals surface area contributed by atoms with Gasteiger partial charge in [-0.1, -0.05) is 25.1 Å². The molecule has 10 nitrogen and oxygen atoms in total. The third-order valence-electron chi connectivity index (χ3n) is 6.79. The Morgan fingerprint density at radius 3 is 2.37 bits per heavy atom. The minimum atomic E-state index is -0.513. The molecule has 1 aliphatic rings. The van der Waals surface area contributed by atoms with Gasteiger partial charge in [-0.2, -0.15) is 4.98 Å². The monoisotopic (exact) mass is 471 g/mol. The standard InChI is InChI=1S/C25H29N9O/c1-16(2)25(3,18-5-6-19(28-13-18)17-4-7-21(26)30-12-17)24-32-23(35-33-24)20-14-31-22(15-29-20)34-10-8-27-9-11-34/h4-7,12-16,27H,8-11H2,1-3H3,(H2,26,30)/t25-/m1/s1. The van der Waals surface area contributed by atoms with Crippen LogP contribution in [0, 0.1) is 5.92 Å². The number of nitrogen functional groups attached to an aromatic ring is 1. The summed E-state index contributed by atoms with van der Waals surface area (Å²) in [5, 5.41) is 7.68. The van der Waals surface area contributed by atoms with Crippen LogP contribution in [-0.2, 0) is 5.41 Å². The van der Waals surface area contributed by atoms with Crippen LogP contribution in [0.5, 0.6) is 0 Å². The zero-order valence-electron chi connectivity index (χ0n) is 20.1. The maximum Gasteiger partial charge on any atom is 0.278 e. The first kappa shape index (κ1) is 22.9. The van der Waals surface area contributed by atoms with Crippen LogP contribution in [0.1, 0.15) is 32.2 Å². The van der Waals surface area contributed by atoms with E-state index in [1.54, 1.807) is 24.7 Å². The Bertz CT molecular complexity index is 1260. The fourth-order valence-corrected chi connectivity index (χ4v) is 4.18. The average molecular weight is 472 g/mol. The number of nitrogens with zero attached hydrogens (tertiary/aromatic N) is 7. The zero-order chi connectivity index (χ0) is 24.4. The van der Waals surface area contributed by atoms with Crippen LogP contribution in [0.4, 0.5) is 11.6 Å². The predicted octanol–water partition coefficient (Wildman–Crippen LogP) is 2.94. The number of anilines is 2. The first-order valence-corrected chi connectivity index (χ1v) is 11.8. The number of hydrogen-bond acceptors (Lipinski definition) is 10. The Labute approximate surface area is 204 Å². The van der Waals surface area contributed by atoms with E-state index in [0.29, 0.717) is 23.2 Å². The van der Waals surface area contributed by atoms with Gasteiger partial charge in [0.15, 0.2) is 5.82 Å². The van der Waals surface area contributed by atoms with Crippen molar-refractivity contribution in [2.75, 3.05) is 36.8 Å². The third kappa shape index (κ3) is 4.44. The molecule has 0 spiro atoms. The highest BCUT2D eigenvalue weighted by Crippen LogP contribution is 2.38. The normalized spacial score (nSPS) is 15.8. The van der Waals surface area contributed by atoms with Crippen molar-refractivity contribution in [3.8, 4) is 22.8 Å². The van der Waals surface area contributed by atoms with Crippen LogP contribution in [0.2, 0.25) is 0 Å². The molecule has 1 aliphatic heterocycles. The van der Waals surface area contributed by atoms with Crippen molar-refractivity contribution in [2.45, 2.75) is 26.2 Å². The Hall–Kier alpha value is -3.92. The quantitative estimate of drug-likeness (QED) is 0.432. The van der Waals surface area contributed by atoms with Crippen molar-refractivity contribution in [1.29, 1.82) is 0 Å². The fraction of sp³-hybridized carbons (Fsp3) is 0.360. The molecule has 0 aliphatic carbocycles. The Morgan fingerprint density at radius 2 is 1.74 bits per heavy atom. The van der Waals surface area contributed by atoms with E-state index < -0.39 is 5.41 Å². The van der Waals surface area contributed by atoms with E-state index in [0.717, 1.165) is 48.8 Å². The SMILES string of the molecule is CC(C)[C@](C)(c1ccc(-c2ccc(N)nc2)nc1)c1noc(-c2cnc(N3CCNCC3)cn2)n1. The lowest BCUT2D eigenvalue weighted by Crippen LogP contribution is -2.43. The van der Waals surface area contributed by atoms with Gasteiger partial charge in [0, 0.05) is 44.1 Å². The molecule has 1 saturated heterocycles. The molecule has 5 rings (SSSR count). The molecule has 0 saturated carbocycles. The molecular formula is C25H29N9O. The van der Waals surface area contributed by atoms with Crippen molar-refractivity contribution >= 4 is 11.6 Å². The minimum absolute atomic E-state index is 0.181. The van der Waals surface area contributed by atoms with E-state index in [2.05, 4.69) is 62.1 Å². The summed E-state index contributed by atoms with van der Waals surface area (Å²) in [5.74, 6) is 2.45. The molecule has 0 bridgehead atoms. The van der Waals surface area contributed by atoms with Gasteiger partial charge in [-0.3, -0.25) is 4.98 Å². The van der Waals surface area contributed by atoms with E-state index in [9.17, 15) is 0 Å². The Morgan fingerprint density at radius 1 is 0.943 bits per heavy atom. The largest absolute Gasteiger partial charge is 0.384 e. The number of nitrogens with two attached hydrogens (primary N) is 1. The summed E-state index contributed by atoms with van der Waals surface area (Å²) in [6, 6.07) is 7.70. The van der Waals surface area contributed by atoms with Crippen LogP contribution < -0.4 is 16.0 Å². The Balaban J connectivity index is 1.40. The minimum Gasteiger partial charge on any atom is -0.384 e. The van der Waals surface area contributed by atoms with Crippen LogP contribution in [0.15, 0.2) is 53.6 Å². The highest BCUT2D eigenvalue weighted by Gasteiger charge is 2.38.